The highest BCUT2D eigenvalue weighted by Gasteiger charge is 2.45. The van der Waals surface area contributed by atoms with Crippen molar-refractivity contribution >= 4 is 30.0 Å². The van der Waals surface area contributed by atoms with E-state index in [9.17, 15) is 14.9 Å². The summed E-state index contributed by atoms with van der Waals surface area (Å²) in [5.41, 5.74) is 1.73. The van der Waals surface area contributed by atoms with Gasteiger partial charge in [0.05, 0.1) is 11.3 Å². The minimum absolute atomic E-state index is 0. The lowest BCUT2D eigenvalue weighted by atomic mass is 10.0. The molecule has 8 heteroatoms. The number of imide groups is 1. The van der Waals surface area contributed by atoms with Gasteiger partial charge in [0.2, 0.25) is 0 Å². The molecule has 1 atom stereocenters. The monoisotopic (exact) mass is 417 g/mol. The number of hydrogen-bond donors (Lipinski definition) is 0. The highest BCUT2D eigenvalue weighted by atomic mass is 35.5. The molecule has 0 N–H and O–H groups in total. The van der Waals surface area contributed by atoms with Crippen molar-refractivity contribution in [2.24, 2.45) is 0 Å². The third-order valence-electron chi connectivity index (χ3n) is 6.12. The van der Waals surface area contributed by atoms with Gasteiger partial charge in [0, 0.05) is 39.3 Å². The van der Waals surface area contributed by atoms with Crippen LogP contribution in [0.25, 0.3) is 0 Å². The van der Waals surface area contributed by atoms with Gasteiger partial charge in [-0.2, -0.15) is 5.26 Å². The summed E-state index contributed by atoms with van der Waals surface area (Å²) >= 11 is 0. The largest absolute Gasteiger partial charge is 0.368 e. The van der Waals surface area contributed by atoms with Crippen LogP contribution in [0.2, 0.25) is 0 Å². The maximum absolute atomic E-state index is 12.5. The molecule has 0 saturated carbocycles. The lowest BCUT2D eigenvalue weighted by Gasteiger charge is -2.36. The first-order valence-corrected chi connectivity index (χ1v) is 10.3. The summed E-state index contributed by atoms with van der Waals surface area (Å²) < 4.78 is 0. The zero-order chi connectivity index (χ0) is 19.5. The highest BCUT2D eigenvalue weighted by Crippen LogP contribution is 2.26. The van der Waals surface area contributed by atoms with Crippen molar-refractivity contribution in [3.05, 3.63) is 29.8 Å². The summed E-state index contributed by atoms with van der Waals surface area (Å²) in [4.78, 5) is 32.9. The van der Waals surface area contributed by atoms with Gasteiger partial charge in [-0.3, -0.25) is 14.6 Å². The Morgan fingerprint density at radius 3 is 2.48 bits per heavy atom. The fourth-order valence-electron chi connectivity index (χ4n) is 4.56. The number of urea groups is 1. The number of benzene rings is 1. The smallest absolute Gasteiger partial charge is 0.327 e. The van der Waals surface area contributed by atoms with Crippen LogP contribution in [0.5, 0.6) is 0 Å². The molecule has 3 amide bonds. The van der Waals surface area contributed by atoms with Crippen LogP contribution in [0.1, 0.15) is 31.2 Å². The van der Waals surface area contributed by atoms with Gasteiger partial charge < -0.3 is 9.80 Å². The van der Waals surface area contributed by atoms with E-state index in [0.717, 1.165) is 76.2 Å². The van der Waals surface area contributed by atoms with Crippen LogP contribution in [0.4, 0.5) is 10.5 Å². The molecule has 1 aromatic carbocycles. The van der Waals surface area contributed by atoms with E-state index in [1.807, 2.05) is 24.3 Å². The van der Waals surface area contributed by atoms with Crippen LogP contribution < -0.4 is 4.90 Å². The van der Waals surface area contributed by atoms with Crippen LogP contribution in [-0.4, -0.2) is 78.5 Å². The van der Waals surface area contributed by atoms with Crippen molar-refractivity contribution in [2.45, 2.75) is 31.7 Å². The van der Waals surface area contributed by atoms with Gasteiger partial charge in [-0.05, 0) is 44.4 Å². The van der Waals surface area contributed by atoms with E-state index in [0.29, 0.717) is 6.54 Å². The average molecular weight is 418 g/mol. The Morgan fingerprint density at radius 2 is 1.76 bits per heavy atom. The average Bonchev–Trinajstić information content (AvgIpc) is 2.99. The summed E-state index contributed by atoms with van der Waals surface area (Å²) in [5.74, 6) is 0.00244. The van der Waals surface area contributed by atoms with Crippen LogP contribution in [0.15, 0.2) is 24.3 Å². The van der Waals surface area contributed by atoms with Gasteiger partial charge >= 0.3 is 6.03 Å². The SMILES string of the molecule is Cl.N#Cc1ccccc1N1CCN(CCCN2C(=O)C3CCCCN3C2=O)CC1. The lowest BCUT2D eigenvalue weighted by molar-refractivity contribution is -0.128. The minimum Gasteiger partial charge on any atom is -0.368 e. The summed E-state index contributed by atoms with van der Waals surface area (Å²) in [7, 11) is 0. The van der Waals surface area contributed by atoms with E-state index in [1.54, 1.807) is 4.90 Å². The number of carbonyl (C=O) groups excluding carboxylic acids is 2. The molecule has 3 aliphatic rings. The van der Waals surface area contributed by atoms with Crippen LogP contribution in [0, 0.1) is 11.3 Å². The molecule has 0 aromatic heterocycles. The summed E-state index contributed by atoms with van der Waals surface area (Å²) in [6, 6.07) is 9.71. The quantitative estimate of drug-likeness (QED) is 0.687. The molecule has 4 rings (SSSR count). The Morgan fingerprint density at radius 1 is 1.00 bits per heavy atom. The third kappa shape index (κ3) is 4.34. The molecule has 156 valence electrons. The Balaban J connectivity index is 0.00000240. The molecular formula is C21H28ClN5O2. The van der Waals surface area contributed by atoms with Gasteiger partial charge in [-0.1, -0.05) is 12.1 Å². The molecule has 3 saturated heterocycles. The standard InChI is InChI=1S/C21H27N5O2.ClH/c22-16-17-6-1-2-7-18(17)24-14-12-23(13-15-24)9-5-11-26-20(27)19-8-3-4-10-25(19)21(26)28;/h1-2,6-7,19H,3-5,8-15H2;1H. The Hall–Kier alpha value is -2.30. The summed E-state index contributed by atoms with van der Waals surface area (Å²) in [5, 5.41) is 9.29. The number of para-hydroxylation sites is 1. The first-order chi connectivity index (χ1) is 13.7. The second-order valence-corrected chi connectivity index (χ2v) is 7.79. The Labute approximate surface area is 178 Å². The predicted molar refractivity (Wildman–Crippen MR) is 113 cm³/mol. The van der Waals surface area contributed by atoms with Crippen molar-refractivity contribution in [3.63, 3.8) is 0 Å². The molecule has 7 nitrogen and oxygen atoms in total. The molecule has 3 aliphatic heterocycles. The van der Waals surface area contributed by atoms with Crippen molar-refractivity contribution in [3.8, 4) is 6.07 Å². The molecule has 0 radical (unpaired) electrons. The first-order valence-electron chi connectivity index (χ1n) is 10.3. The number of rotatable bonds is 5. The molecule has 1 aromatic rings. The lowest BCUT2D eigenvalue weighted by Crippen LogP contribution is -2.47. The number of hydrogen-bond acceptors (Lipinski definition) is 5. The maximum Gasteiger partial charge on any atom is 0.327 e. The fraction of sp³-hybridized carbons (Fsp3) is 0.571. The Kier molecular flexibility index (Phi) is 6.99. The second kappa shape index (κ2) is 9.47. The van der Waals surface area contributed by atoms with E-state index in [2.05, 4.69) is 15.9 Å². The number of nitriles is 1. The number of amides is 3. The van der Waals surface area contributed by atoms with Crippen molar-refractivity contribution in [1.82, 2.24) is 14.7 Å². The van der Waals surface area contributed by atoms with E-state index in [4.69, 9.17) is 0 Å². The summed E-state index contributed by atoms with van der Waals surface area (Å²) in [6.45, 7) is 5.74. The molecule has 0 aliphatic carbocycles. The van der Waals surface area contributed by atoms with Crippen molar-refractivity contribution in [1.29, 1.82) is 5.26 Å². The Bertz CT molecular complexity index is 764. The molecule has 0 bridgehead atoms. The zero-order valence-electron chi connectivity index (χ0n) is 16.6. The van der Waals surface area contributed by atoms with Crippen LogP contribution in [-0.2, 0) is 4.79 Å². The maximum atomic E-state index is 12.5. The van der Waals surface area contributed by atoms with E-state index in [-0.39, 0.29) is 30.4 Å². The molecular weight excluding hydrogens is 390 g/mol. The first kappa shape index (κ1) is 21.4. The second-order valence-electron chi connectivity index (χ2n) is 7.79. The van der Waals surface area contributed by atoms with Gasteiger partial charge in [-0.15, -0.1) is 12.4 Å². The number of carbonyl (C=O) groups is 2. The molecule has 1 unspecified atom stereocenters. The van der Waals surface area contributed by atoms with Gasteiger partial charge in [0.1, 0.15) is 12.1 Å². The number of fused-ring (bicyclic) bond motifs is 1. The zero-order valence-corrected chi connectivity index (χ0v) is 17.4. The van der Waals surface area contributed by atoms with Gasteiger partial charge in [-0.25, -0.2) is 4.79 Å². The highest BCUT2D eigenvalue weighted by molar-refractivity contribution is 6.04. The van der Waals surface area contributed by atoms with Crippen molar-refractivity contribution in [2.75, 3.05) is 50.7 Å². The van der Waals surface area contributed by atoms with Gasteiger partial charge in [0.15, 0.2) is 0 Å². The third-order valence-corrected chi connectivity index (χ3v) is 6.12. The molecule has 0 spiro atoms. The minimum atomic E-state index is -0.204. The molecule has 3 heterocycles. The van der Waals surface area contributed by atoms with E-state index in [1.165, 1.54) is 4.90 Å². The van der Waals surface area contributed by atoms with Crippen molar-refractivity contribution < 1.29 is 9.59 Å². The summed E-state index contributed by atoms with van der Waals surface area (Å²) in [6.07, 6.45) is 3.66. The van der Waals surface area contributed by atoms with Gasteiger partial charge in [0.25, 0.3) is 5.91 Å². The number of anilines is 1. The van der Waals surface area contributed by atoms with Crippen LogP contribution in [0.3, 0.4) is 0 Å². The fourth-order valence-corrected chi connectivity index (χ4v) is 4.56. The topological polar surface area (TPSA) is 70.9 Å². The van der Waals surface area contributed by atoms with E-state index >= 15 is 0 Å². The van der Waals surface area contributed by atoms with E-state index < -0.39 is 0 Å². The number of halogens is 1. The number of piperidine rings is 1. The molecule has 29 heavy (non-hydrogen) atoms. The number of piperazine rings is 1. The normalized spacial score (nSPS) is 22.3. The molecule has 3 fully saturated rings. The predicted octanol–water partition coefficient (Wildman–Crippen LogP) is 2.31. The number of nitrogens with zero attached hydrogens (tertiary/aromatic N) is 5. The van der Waals surface area contributed by atoms with Crippen LogP contribution >= 0.6 is 12.4 Å².